The Bertz CT molecular complexity index is 548. The van der Waals surface area contributed by atoms with Crippen molar-refractivity contribution < 1.29 is 0 Å². The van der Waals surface area contributed by atoms with Crippen LogP contribution in [0, 0.1) is 13.8 Å². The van der Waals surface area contributed by atoms with E-state index in [4.69, 9.17) is 11.6 Å². The van der Waals surface area contributed by atoms with E-state index < -0.39 is 0 Å². The molecule has 1 aromatic carbocycles. The van der Waals surface area contributed by atoms with E-state index in [-0.39, 0.29) is 4.83 Å². The van der Waals surface area contributed by atoms with Crippen molar-refractivity contribution in [3.8, 4) is 0 Å². The smallest absolute Gasteiger partial charge is 0.0752 e. The quantitative estimate of drug-likeness (QED) is 0.527. The normalized spacial score (nSPS) is 12.8. The van der Waals surface area contributed by atoms with Crippen LogP contribution in [0.5, 0.6) is 0 Å². The zero-order valence-corrected chi connectivity index (χ0v) is 14.2. The Hall–Kier alpha value is 0.170. The topological polar surface area (TPSA) is 0 Å². The molecular formula is C13H11Br2ClS. The molecule has 0 aliphatic rings. The lowest BCUT2D eigenvalue weighted by Gasteiger charge is -2.12. The fraction of sp³-hybridized carbons (Fsp3) is 0.231. The summed E-state index contributed by atoms with van der Waals surface area (Å²) in [6.45, 7) is 4.22. The van der Waals surface area contributed by atoms with Gasteiger partial charge in [0.2, 0.25) is 0 Å². The Morgan fingerprint density at radius 3 is 2.53 bits per heavy atom. The molecule has 0 nitrogen and oxygen atoms in total. The first kappa shape index (κ1) is 13.6. The number of aryl methyl sites for hydroxylation is 2. The van der Waals surface area contributed by atoms with Crippen LogP contribution >= 0.6 is 54.8 Å². The van der Waals surface area contributed by atoms with E-state index >= 15 is 0 Å². The van der Waals surface area contributed by atoms with Gasteiger partial charge in [0.1, 0.15) is 0 Å². The SMILES string of the molecule is Cc1cc(Br)c(C(Br)c2cc(Cl)ccc2C)s1. The highest BCUT2D eigenvalue weighted by Crippen LogP contribution is 2.42. The van der Waals surface area contributed by atoms with Crippen molar-refractivity contribution in [3.63, 3.8) is 0 Å². The minimum atomic E-state index is 0.189. The highest BCUT2D eigenvalue weighted by molar-refractivity contribution is 9.11. The Balaban J connectivity index is 2.46. The van der Waals surface area contributed by atoms with Crippen molar-refractivity contribution in [1.82, 2.24) is 0 Å². The number of rotatable bonds is 2. The van der Waals surface area contributed by atoms with Crippen molar-refractivity contribution in [1.29, 1.82) is 0 Å². The molecule has 0 aliphatic heterocycles. The van der Waals surface area contributed by atoms with Gasteiger partial charge in [-0.25, -0.2) is 0 Å². The van der Waals surface area contributed by atoms with Gasteiger partial charge >= 0.3 is 0 Å². The van der Waals surface area contributed by atoms with Crippen LogP contribution in [-0.2, 0) is 0 Å². The summed E-state index contributed by atoms with van der Waals surface area (Å²) in [5.41, 5.74) is 2.47. The first-order chi connectivity index (χ1) is 7.99. The molecule has 0 amide bonds. The lowest BCUT2D eigenvalue weighted by molar-refractivity contribution is 1.17. The largest absolute Gasteiger partial charge is 0.143 e. The molecule has 0 aliphatic carbocycles. The number of hydrogen-bond donors (Lipinski definition) is 0. The molecule has 0 N–H and O–H groups in total. The van der Waals surface area contributed by atoms with Gasteiger partial charge in [0, 0.05) is 19.2 Å². The van der Waals surface area contributed by atoms with E-state index in [0.29, 0.717) is 0 Å². The maximum absolute atomic E-state index is 6.06. The van der Waals surface area contributed by atoms with Gasteiger partial charge in [0.15, 0.2) is 0 Å². The summed E-state index contributed by atoms with van der Waals surface area (Å²) in [5, 5.41) is 0.777. The molecular weight excluding hydrogens is 383 g/mol. The minimum absolute atomic E-state index is 0.189. The Morgan fingerprint density at radius 1 is 1.24 bits per heavy atom. The van der Waals surface area contributed by atoms with Crippen LogP contribution in [0.25, 0.3) is 0 Å². The van der Waals surface area contributed by atoms with Gasteiger partial charge in [-0.3, -0.25) is 0 Å². The first-order valence-electron chi connectivity index (χ1n) is 5.15. The predicted octanol–water partition coefficient (Wildman–Crippen LogP) is 6.27. The molecule has 0 spiro atoms. The van der Waals surface area contributed by atoms with Gasteiger partial charge in [-0.05, 0) is 59.1 Å². The van der Waals surface area contributed by atoms with Crippen LogP contribution in [0.4, 0.5) is 0 Å². The molecule has 4 heteroatoms. The number of benzene rings is 1. The predicted molar refractivity (Wildman–Crippen MR) is 83.7 cm³/mol. The summed E-state index contributed by atoms with van der Waals surface area (Å²) in [4.78, 5) is 2.78. The van der Waals surface area contributed by atoms with Gasteiger partial charge < -0.3 is 0 Å². The Morgan fingerprint density at radius 2 is 1.94 bits per heavy atom. The maximum Gasteiger partial charge on any atom is 0.0752 e. The average Bonchev–Trinajstić information content (AvgIpc) is 2.60. The van der Waals surface area contributed by atoms with Crippen LogP contribution in [-0.4, -0.2) is 0 Å². The molecule has 17 heavy (non-hydrogen) atoms. The second kappa shape index (κ2) is 5.43. The molecule has 2 aromatic rings. The van der Waals surface area contributed by atoms with Crippen molar-refractivity contribution >= 4 is 54.8 Å². The second-order valence-electron chi connectivity index (χ2n) is 3.93. The average molecular weight is 395 g/mol. The van der Waals surface area contributed by atoms with Crippen LogP contribution in [0.1, 0.15) is 25.7 Å². The molecule has 2 rings (SSSR count). The van der Waals surface area contributed by atoms with Gasteiger partial charge in [0.25, 0.3) is 0 Å². The van der Waals surface area contributed by atoms with Gasteiger partial charge in [-0.2, -0.15) is 0 Å². The van der Waals surface area contributed by atoms with E-state index in [0.717, 1.165) is 9.50 Å². The van der Waals surface area contributed by atoms with Gasteiger partial charge in [0.05, 0.1) is 4.83 Å². The van der Waals surface area contributed by atoms with Crippen LogP contribution in [0.15, 0.2) is 28.7 Å². The summed E-state index contributed by atoms with van der Waals surface area (Å²) in [6.07, 6.45) is 0. The minimum Gasteiger partial charge on any atom is -0.143 e. The van der Waals surface area contributed by atoms with E-state index in [1.165, 1.54) is 20.9 Å². The Kier molecular flexibility index (Phi) is 4.35. The summed E-state index contributed by atoms with van der Waals surface area (Å²) >= 11 is 15.2. The third-order valence-corrected chi connectivity index (χ3v) is 6.10. The summed E-state index contributed by atoms with van der Waals surface area (Å²) in [7, 11) is 0. The molecule has 0 bridgehead atoms. The number of thiophene rings is 1. The lowest BCUT2D eigenvalue weighted by atomic mass is 10.1. The van der Waals surface area contributed by atoms with Crippen molar-refractivity contribution in [2.24, 2.45) is 0 Å². The molecule has 0 saturated carbocycles. The monoisotopic (exact) mass is 392 g/mol. The van der Waals surface area contributed by atoms with E-state index in [1.54, 1.807) is 11.3 Å². The Labute approximate surface area is 127 Å². The molecule has 90 valence electrons. The summed E-state index contributed by atoms with van der Waals surface area (Å²) < 4.78 is 1.15. The van der Waals surface area contributed by atoms with Crippen molar-refractivity contribution in [2.75, 3.05) is 0 Å². The molecule has 1 atom stereocenters. The van der Waals surface area contributed by atoms with Crippen LogP contribution in [0.3, 0.4) is 0 Å². The summed E-state index contributed by atoms with van der Waals surface area (Å²) in [6, 6.07) is 8.15. The zero-order valence-electron chi connectivity index (χ0n) is 9.43. The van der Waals surface area contributed by atoms with Gasteiger partial charge in [-0.1, -0.05) is 33.6 Å². The fourth-order valence-corrected chi connectivity index (χ4v) is 5.08. The standard InChI is InChI=1S/C13H11Br2ClS/c1-7-3-4-9(16)6-10(7)12(15)13-11(14)5-8(2)17-13/h3-6,12H,1-2H3. The van der Waals surface area contributed by atoms with Crippen LogP contribution < -0.4 is 0 Å². The molecule has 1 aromatic heterocycles. The summed E-state index contributed by atoms with van der Waals surface area (Å²) in [5.74, 6) is 0. The van der Waals surface area contributed by atoms with Gasteiger partial charge in [-0.15, -0.1) is 11.3 Å². The van der Waals surface area contributed by atoms with Crippen molar-refractivity contribution in [3.05, 3.63) is 54.6 Å². The third kappa shape index (κ3) is 2.95. The lowest BCUT2D eigenvalue weighted by Crippen LogP contribution is -1.94. The zero-order chi connectivity index (χ0) is 12.6. The number of alkyl halides is 1. The molecule has 0 fully saturated rings. The fourth-order valence-electron chi connectivity index (χ4n) is 1.70. The van der Waals surface area contributed by atoms with E-state index in [1.807, 2.05) is 12.1 Å². The molecule has 1 unspecified atom stereocenters. The van der Waals surface area contributed by atoms with Crippen LogP contribution in [0.2, 0.25) is 5.02 Å². The number of halogens is 3. The third-order valence-electron chi connectivity index (χ3n) is 2.58. The highest BCUT2D eigenvalue weighted by Gasteiger charge is 2.18. The first-order valence-corrected chi connectivity index (χ1v) is 8.05. The molecule has 0 radical (unpaired) electrons. The second-order valence-corrected chi connectivity index (χ2v) is 7.43. The van der Waals surface area contributed by atoms with Crippen molar-refractivity contribution in [2.45, 2.75) is 18.7 Å². The maximum atomic E-state index is 6.06. The highest BCUT2D eigenvalue weighted by atomic mass is 79.9. The molecule has 1 heterocycles. The van der Waals surface area contributed by atoms with E-state index in [9.17, 15) is 0 Å². The number of hydrogen-bond acceptors (Lipinski definition) is 1. The van der Waals surface area contributed by atoms with E-state index in [2.05, 4.69) is 57.8 Å². The molecule has 0 saturated heterocycles.